The van der Waals surface area contributed by atoms with E-state index >= 15 is 0 Å². The van der Waals surface area contributed by atoms with E-state index in [9.17, 15) is 31.1 Å². The Balaban J connectivity index is 0.000000497. The number of alkyl halides is 6. The number of carbonyl (C=O) groups is 3. The van der Waals surface area contributed by atoms with Gasteiger partial charge in [-0.1, -0.05) is 25.7 Å². The highest BCUT2D eigenvalue weighted by Gasteiger charge is 2.38. The van der Waals surface area contributed by atoms with Crippen molar-refractivity contribution in [3.8, 4) is 0 Å². The van der Waals surface area contributed by atoms with Crippen LogP contribution in [0.3, 0.4) is 0 Å². The number of amides is 1. The summed E-state index contributed by atoms with van der Waals surface area (Å²) in [6.45, 7) is 1.92. The first-order valence-corrected chi connectivity index (χ1v) is 12.8. The van der Waals surface area contributed by atoms with Crippen LogP contribution < -0.4 is 11.1 Å². The Bertz CT molecular complexity index is 1100. The number of nitrogens with one attached hydrogen (secondary N) is 2. The van der Waals surface area contributed by atoms with Crippen LogP contribution in [0.2, 0.25) is 0 Å². The van der Waals surface area contributed by atoms with E-state index in [1.807, 2.05) is 12.3 Å². The number of carboxylic acids is 2. The van der Waals surface area contributed by atoms with E-state index in [1.54, 1.807) is 0 Å². The molecule has 6 N–H and O–H groups in total. The van der Waals surface area contributed by atoms with Crippen molar-refractivity contribution < 1.29 is 50.9 Å². The van der Waals surface area contributed by atoms with Crippen molar-refractivity contribution in [2.45, 2.75) is 76.2 Å². The molecule has 2 aromatic heterocycles. The van der Waals surface area contributed by atoms with Gasteiger partial charge in [-0.3, -0.25) is 9.69 Å². The molecule has 16 heteroatoms. The number of halogens is 6. The number of H-pyrrole nitrogens is 1. The maximum Gasteiger partial charge on any atom is 0.490 e. The van der Waals surface area contributed by atoms with E-state index in [2.05, 4.69) is 33.3 Å². The zero-order chi connectivity index (χ0) is 31.2. The molecule has 1 fully saturated rings. The standard InChI is InChI=1S/C21H33N5O.2C2HF3O2/c1-26-12-8-9-19(26)18-13-16-15-23-20(14-17(16)24-18)25-21(27)10-6-4-2-3-5-7-11-22;2*3-2(4,5)1(6)7/h13-15,19,24H,2-12,22H2,1H3,(H,23,25,27);2*(H,6,7)/t19-;;/m1../s1. The number of carbonyl (C=O) groups excluding carboxylic acids is 1. The molecule has 0 saturated carbocycles. The maximum absolute atomic E-state index is 12.2. The van der Waals surface area contributed by atoms with Gasteiger partial charge in [0.15, 0.2) is 0 Å². The smallest absolute Gasteiger partial charge is 0.475 e. The van der Waals surface area contributed by atoms with Gasteiger partial charge in [0, 0.05) is 35.8 Å². The minimum atomic E-state index is -5.08. The number of nitrogens with two attached hydrogens (primary N) is 1. The van der Waals surface area contributed by atoms with Crippen molar-refractivity contribution >= 4 is 34.6 Å². The minimum absolute atomic E-state index is 0.0473. The van der Waals surface area contributed by atoms with E-state index in [4.69, 9.17) is 25.5 Å². The average Bonchev–Trinajstić information content (AvgIpc) is 3.48. The monoisotopic (exact) mass is 599 g/mol. The van der Waals surface area contributed by atoms with Crippen LogP contribution >= 0.6 is 0 Å². The highest BCUT2D eigenvalue weighted by atomic mass is 19.4. The number of hydrogen-bond acceptors (Lipinski definition) is 6. The predicted octanol–water partition coefficient (Wildman–Crippen LogP) is 5.22. The number of likely N-dealkylation sites (tertiary alicyclic amines) is 1. The van der Waals surface area contributed by atoms with Gasteiger partial charge in [0.2, 0.25) is 5.91 Å². The number of nitrogens with zero attached hydrogens (tertiary/aromatic N) is 2. The largest absolute Gasteiger partial charge is 0.490 e. The van der Waals surface area contributed by atoms with E-state index < -0.39 is 24.3 Å². The molecule has 10 nitrogen and oxygen atoms in total. The van der Waals surface area contributed by atoms with Gasteiger partial charge in [0.1, 0.15) is 5.82 Å². The number of aromatic nitrogens is 2. The zero-order valence-corrected chi connectivity index (χ0v) is 22.4. The lowest BCUT2D eigenvalue weighted by atomic mass is 10.1. The molecule has 3 rings (SSSR count). The Morgan fingerprint density at radius 3 is 2.02 bits per heavy atom. The van der Waals surface area contributed by atoms with Crippen LogP contribution in [-0.4, -0.2) is 75.4 Å². The molecular formula is C25H35F6N5O5. The molecule has 1 aliphatic rings. The number of unbranched alkanes of at least 4 members (excludes halogenated alkanes) is 5. The fraction of sp³-hybridized carbons (Fsp3) is 0.600. The van der Waals surface area contributed by atoms with E-state index in [0.717, 1.165) is 43.3 Å². The summed E-state index contributed by atoms with van der Waals surface area (Å²) in [5.74, 6) is -4.84. The van der Waals surface area contributed by atoms with Gasteiger partial charge < -0.3 is 26.2 Å². The van der Waals surface area contributed by atoms with Gasteiger partial charge in [0.05, 0.1) is 5.52 Å². The first-order valence-electron chi connectivity index (χ1n) is 12.8. The molecule has 0 bridgehead atoms. The molecule has 41 heavy (non-hydrogen) atoms. The summed E-state index contributed by atoms with van der Waals surface area (Å²) in [6, 6.07) is 4.59. The van der Waals surface area contributed by atoms with Crippen LogP contribution in [0.15, 0.2) is 18.3 Å². The van der Waals surface area contributed by atoms with Crippen LogP contribution in [0.25, 0.3) is 10.9 Å². The van der Waals surface area contributed by atoms with Gasteiger partial charge in [-0.2, -0.15) is 26.3 Å². The van der Waals surface area contributed by atoms with Gasteiger partial charge in [0.25, 0.3) is 0 Å². The lowest BCUT2D eigenvalue weighted by molar-refractivity contribution is -0.193. The molecule has 0 aliphatic carbocycles. The number of pyridine rings is 1. The van der Waals surface area contributed by atoms with Gasteiger partial charge in [-0.25, -0.2) is 14.6 Å². The molecular weight excluding hydrogens is 564 g/mol. The molecule has 2 aromatic rings. The van der Waals surface area contributed by atoms with Crippen LogP contribution in [-0.2, 0) is 14.4 Å². The summed E-state index contributed by atoms with van der Waals surface area (Å²) in [4.78, 5) is 40.3. The highest BCUT2D eigenvalue weighted by Crippen LogP contribution is 2.32. The summed E-state index contributed by atoms with van der Waals surface area (Å²) in [6.07, 6.45) is 1.37. The van der Waals surface area contributed by atoms with Gasteiger partial charge in [-0.05, 0) is 51.9 Å². The molecule has 1 amide bonds. The lowest BCUT2D eigenvalue weighted by Gasteiger charge is -2.17. The second kappa shape index (κ2) is 16.8. The van der Waals surface area contributed by atoms with Crippen molar-refractivity contribution in [1.29, 1.82) is 0 Å². The number of aromatic amines is 1. The SMILES string of the molecule is CN1CCC[C@@H]1c1cc2cnc(NC(=O)CCCCCCCCN)cc2[nH]1.O=C(O)C(F)(F)F.O=C(O)C(F)(F)F. The molecule has 0 unspecified atom stereocenters. The predicted molar refractivity (Wildman–Crippen MR) is 138 cm³/mol. The molecule has 0 spiro atoms. The Morgan fingerprint density at radius 2 is 1.54 bits per heavy atom. The second-order valence-corrected chi connectivity index (χ2v) is 9.33. The second-order valence-electron chi connectivity index (χ2n) is 9.33. The zero-order valence-electron chi connectivity index (χ0n) is 22.4. The van der Waals surface area contributed by atoms with Gasteiger partial charge >= 0.3 is 24.3 Å². The number of anilines is 1. The first-order chi connectivity index (χ1) is 19.1. The molecule has 0 radical (unpaired) electrons. The summed E-state index contributed by atoms with van der Waals surface area (Å²) < 4.78 is 63.5. The van der Waals surface area contributed by atoms with Crippen molar-refractivity contribution in [3.63, 3.8) is 0 Å². The van der Waals surface area contributed by atoms with Crippen molar-refractivity contribution in [2.24, 2.45) is 5.73 Å². The normalized spacial score (nSPS) is 15.5. The third kappa shape index (κ3) is 13.7. The van der Waals surface area contributed by atoms with Crippen LogP contribution in [0.1, 0.15) is 69.5 Å². The summed E-state index contributed by atoms with van der Waals surface area (Å²) >= 11 is 0. The average molecular weight is 600 g/mol. The number of carboxylic acid groups (broad SMARTS) is 2. The Hall–Kier alpha value is -3.40. The van der Waals surface area contributed by atoms with Crippen molar-refractivity contribution in [1.82, 2.24) is 14.9 Å². The molecule has 1 aliphatic heterocycles. The van der Waals surface area contributed by atoms with Gasteiger partial charge in [-0.15, -0.1) is 0 Å². The molecule has 3 heterocycles. The lowest BCUT2D eigenvalue weighted by Crippen LogP contribution is -2.21. The number of hydrogen-bond donors (Lipinski definition) is 5. The van der Waals surface area contributed by atoms with Crippen LogP contribution in [0.4, 0.5) is 32.2 Å². The summed E-state index contributed by atoms with van der Waals surface area (Å²) in [7, 11) is 2.17. The maximum atomic E-state index is 12.2. The first kappa shape index (κ1) is 35.6. The quantitative estimate of drug-likeness (QED) is 0.183. The molecule has 1 atom stereocenters. The molecule has 0 aromatic carbocycles. The summed E-state index contributed by atoms with van der Waals surface area (Å²) in [5.41, 5.74) is 7.77. The van der Waals surface area contributed by atoms with Crippen molar-refractivity contribution in [2.75, 3.05) is 25.5 Å². The number of rotatable bonds is 10. The van der Waals surface area contributed by atoms with Crippen molar-refractivity contribution in [3.05, 3.63) is 24.0 Å². The Morgan fingerprint density at radius 1 is 1.00 bits per heavy atom. The number of fused-ring (bicyclic) bond motifs is 1. The van der Waals surface area contributed by atoms with E-state index in [0.29, 0.717) is 18.3 Å². The van der Waals surface area contributed by atoms with E-state index in [-0.39, 0.29) is 5.91 Å². The minimum Gasteiger partial charge on any atom is -0.475 e. The third-order valence-corrected chi connectivity index (χ3v) is 6.01. The van der Waals surface area contributed by atoms with Crippen LogP contribution in [0.5, 0.6) is 0 Å². The summed E-state index contributed by atoms with van der Waals surface area (Å²) in [5, 5.41) is 18.3. The molecule has 232 valence electrons. The Labute approximate surface area is 232 Å². The molecule has 1 saturated heterocycles. The fourth-order valence-corrected chi connectivity index (χ4v) is 3.94. The van der Waals surface area contributed by atoms with E-state index in [1.165, 1.54) is 37.8 Å². The Kier molecular flexibility index (Phi) is 14.6. The third-order valence-electron chi connectivity index (χ3n) is 6.01. The topological polar surface area (TPSA) is 162 Å². The number of aliphatic carboxylic acids is 2. The highest BCUT2D eigenvalue weighted by molar-refractivity contribution is 5.92. The van der Waals surface area contributed by atoms with Crippen LogP contribution in [0, 0.1) is 0 Å². The fourth-order valence-electron chi connectivity index (χ4n) is 3.94.